The molecule has 0 amide bonds. The smallest absolute Gasteiger partial charge is 0.220 e. The van der Waals surface area contributed by atoms with Crippen LogP contribution in [0.5, 0.6) is 0 Å². The molecular weight excluding hydrogens is 216 g/mol. The molecule has 0 aromatic carbocycles. The van der Waals surface area contributed by atoms with Gasteiger partial charge in [0, 0.05) is 12.9 Å². The topological polar surface area (TPSA) is 77.7 Å². The molecule has 0 atom stereocenters. The van der Waals surface area contributed by atoms with Crippen LogP contribution in [0, 0.1) is 0 Å². The average molecular weight is 225 g/mol. The summed E-state index contributed by atoms with van der Waals surface area (Å²) in [6.07, 6.45) is 0.400. The van der Waals surface area contributed by atoms with Crippen LogP contribution < -0.4 is 0 Å². The molecule has 74 valence electrons. The lowest BCUT2D eigenvalue weighted by atomic mass is 10.6. The highest BCUT2D eigenvalue weighted by molar-refractivity contribution is 7.91. The van der Waals surface area contributed by atoms with E-state index in [2.05, 4.69) is 15.5 Å². The molecule has 1 heterocycles. The molecule has 0 saturated heterocycles. The van der Waals surface area contributed by atoms with Gasteiger partial charge in [-0.05, 0) is 16.8 Å². The summed E-state index contributed by atoms with van der Waals surface area (Å²) in [6, 6.07) is 0. The molecule has 0 bridgehead atoms. The van der Waals surface area contributed by atoms with Gasteiger partial charge < -0.3 is 0 Å². The predicted octanol–water partition coefficient (Wildman–Crippen LogP) is -0.387. The Morgan fingerprint density at radius 3 is 2.69 bits per heavy atom. The molecule has 0 unspecified atom stereocenters. The van der Waals surface area contributed by atoms with Crippen molar-refractivity contribution in [1.82, 2.24) is 20.2 Å². The molecule has 1 rings (SSSR count). The number of hydrogen-bond donors (Lipinski definition) is 0. The summed E-state index contributed by atoms with van der Waals surface area (Å²) in [5, 5.41) is 9.98. The zero-order valence-electron chi connectivity index (χ0n) is 7.01. The van der Waals surface area contributed by atoms with Crippen LogP contribution in [-0.4, -0.2) is 40.3 Å². The van der Waals surface area contributed by atoms with E-state index in [1.54, 1.807) is 0 Å². The highest BCUT2D eigenvalue weighted by Crippen LogP contribution is 2.05. The fourth-order valence-electron chi connectivity index (χ4n) is 0.821. The number of nitrogens with zero attached hydrogens (tertiary/aromatic N) is 4. The molecule has 8 heteroatoms. The van der Waals surface area contributed by atoms with Crippen molar-refractivity contribution in [2.24, 2.45) is 7.05 Å². The number of alkyl halides is 1. The van der Waals surface area contributed by atoms with Gasteiger partial charge in [-0.2, -0.15) is 0 Å². The first-order valence-electron chi connectivity index (χ1n) is 3.59. The number of rotatable bonds is 4. The molecule has 0 aliphatic heterocycles. The number of hydrogen-bond acceptors (Lipinski definition) is 5. The molecule has 1 aromatic rings. The third-order valence-corrected chi connectivity index (χ3v) is 3.40. The summed E-state index contributed by atoms with van der Waals surface area (Å²) in [5.74, 6) is 0.287. The highest BCUT2D eigenvalue weighted by atomic mass is 35.5. The van der Waals surface area contributed by atoms with Crippen molar-refractivity contribution in [3.8, 4) is 0 Å². The molecule has 0 N–H and O–H groups in total. The number of sulfone groups is 1. The van der Waals surface area contributed by atoms with E-state index in [9.17, 15) is 8.42 Å². The Morgan fingerprint density at radius 2 is 2.23 bits per heavy atom. The molecule has 0 aliphatic carbocycles. The maximum Gasteiger partial charge on any atom is 0.267 e. The van der Waals surface area contributed by atoms with E-state index in [0.717, 1.165) is 4.68 Å². The molecule has 0 spiro atoms. The van der Waals surface area contributed by atoms with Crippen LogP contribution in [0.2, 0.25) is 0 Å². The SMILES string of the molecule is Cn1nnnc1S(=O)(=O)CCCCl. The number of aromatic nitrogens is 4. The molecule has 13 heavy (non-hydrogen) atoms. The molecular formula is C5H9ClN4O2S. The van der Waals surface area contributed by atoms with Crippen molar-refractivity contribution < 1.29 is 8.42 Å². The summed E-state index contributed by atoms with van der Waals surface area (Å²) >= 11 is 5.39. The minimum Gasteiger partial charge on any atom is -0.220 e. The fraction of sp³-hybridized carbons (Fsp3) is 0.800. The Balaban J connectivity index is 2.88. The molecule has 1 aromatic heterocycles. The van der Waals surface area contributed by atoms with Gasteiger partial charge in [0.25, 0.3) is 5.16 Å². The Bertz CT molecular complexity index is 374. The van der Waals surface area contributed by atoms with E-state index < -0.39 is 9.84 Å². The van der Waals surface area contributed by atoms with E-state index in [0.29, 0.717) is 12.3 Å². The standard InChI is InChI=1S/C5H9ClN4O2S/c1-10-5(7-8-9-10)13(11,12)4-2-3-6/h2-4H2,1H3. The maximum absolute atomic E-state index is 11.5. The number of aryl methyl sites for hydroxylation is 1. The first-order valence-corrected chi connectivity index (χ1v) is 5.77. The van der Waals surface area contributed by atoms with Gasteiger partial charge in [0.15, 0.2) is 0 Å². The second kappa shape index (κ2) is 4.01. The van der Waals surface area contributed by atoms with Gasteiger partial charge in [-0.1, -0.05) is 5.10 Å². The van der Waals surface area contributed by atoms with Crippen molar-refractivity contribution in [3.05, 3.63) is 0 Å². The largest absolute Gasteiger partial charge is 0.267 e. The van der Waals surface area contributed by atoms with Gasteiger partial charge in [-0.3, -0.25) is 0 Å². The molecule has 0 saturated carbocycles. The number of halogens is 1. The van der Waals surface area contributed by atoms with Crippen LogP contribution in [-0.2, 0) is 16.9 Å². The van der Waals surface area contributed by atoms with Gasteiger partial charge in [0.05, 0.1) is 5.75 Å². The van der Waals surface area contributed by atoms with E-state index >= 15 is 0 Å². The van der Waals surface area contributed by atoms with Crippen molar-refractivity contribution in [3.63, 3.8) is 0 Å². The van der Waals surface area contributed by atoms with Crippen LogP contribution >= 0.6 is 11.6 Å². The average Bonchev–Trinajstić information content (AvgIpc) is 2.48. The fourth-order valence-corrected chi connectivity index (χ4v) is 2.42. The lowest BCUT2D eigenvalue weighted by Gasteiger charge is -1.99. The second-order valence-corrected chi connectivity index (χ2v) is 4.83. The van der Waals surface area contributed by atoms with Gasteiger partial charge in [-0.15, -0.1) is 11.6 Å². The zero-order chi connectivity index (χ0) is 9.90. The first-order chi connectivity index (χ1) is 6.08. The van der Waals surface area contributed by atoms with Crippen molar-refractivity contribution in [2.75, 3.05) is 11.6 Å². The minimum atomic E-state index is -3.37. The van der Waals surface area contributed by atoms with Crippen LogP contribution in [0.1, 0.15) is 6.42 Å². The second-order valence-electron chi connectivity index (χ2n) is 2.45. The lowest BCUT2D eigenvalue weighted by Crippen LogP contribution is -2.13. The maximum atomic E-state index is 11.5. The van der Waals surface area contributed by atoms with Gasteiger partial charge in [0.1, 0.15) is 0 Å². The summed E-state index contributed by atoms with van der Waals surface area (Å²) in [5.41, 5.74) is 0. The Kier molecular flexibility index (Phi) is 3.21. The van der Waals surface area contributed by atoms with E-state index in [4.69, 9.17) is 11.6 Å². The van der Waals surface area contributed by atoms with Crippen molar-refractivity contribution in [2.45, 2.75) is 11.6 Å². The number of tetrazole rings is 1. The summed E-state index contributed by atoms with van der Waals surface area (Å²) < 4.78 is 24.0. The third kappa shape index (κ3) is 2.38. The summed E-state index contributed by atoms with van der Waals surface area (Å²) in [7, 11) is -1.89. The van der Waals surface area contributed by atoms with Crippen LogP contribution in [0.4, 0.5) is 0 Å². The van der Waals surface area contributed by atoms with Gasteiger partial charge in [-0.25, -0.2) is 13.1 Å². The third-order valence-electron chi connectivity index (χ3n) is 1.41. The normalized spacial score (nSPS) is 11.8. The van der Waals surface area contributed by atoms with Crippen LogP contribution in [0.25, 0.3) is 0 Å². The monoisotopic (exact) mass is 224 g/mol. The lowest BCUT2D eigenvalue weighted by molar-refractivity contribution is 0.568. The minimum absolute atomic E-state index is 0.0231. The molecule has 0 aliphatic rings. The zero-order valence-corrected chi connectivity index (χ0v) is 8.59. The Morgan fingerprint density at radius 1 is 1.54 bits per heavy atom. The quantitative estimate of drug-likeness (QED) is 0.651. The van der Waals surface area contributed by atoms with E-state index in [1.807, 2.05) is 0 Å². The molecule has 0 fully saturated rings. The first kappa shape index (κ1) is 10.4. The Hall–Kier alpha value is -0.690. The van der Waals surface area contributed by atoms with E-state index in [1.165, 1.54) is 7.05 Å². The van der Waals surface area contributed by atoms with Gasteiger partial charge in [0.2, 0.25) is 9.84 Å². The molecule has 0 radical (unpaired) electrons. The van der Waals surface area contributed by atoms with Crippen LogP contribution in [0.15, 0.2) is 5.16 Å². The Labute approximate surface area is 80.8 Å². The van der Waals surface area contributed by atoms with Crippen molar-refractivity contribution in [1.29, 1.82) is 0 Å². The van der Waals surface area contributed by atoms with Crippen LogP contribution in [0.3, 0.4) is 0 Å². The predicted molar refractivity (Wildman–Crippen MR) is 46.2 cm³/mol. The van der Waals surface area contributed by atoms with Crippen molar-refractivity contribution >= 4 is 21.4 Å². The van der Waals surface area contributed by atoms with Gasteiger partial charge >= 0.3 is 0 Å². The molecule has 6 nitrogen and oxygen atoms in total. The van der Waals surface area contributed by atoms with E-state index in [-0.39, 0.29) is 10.9 Å². The highest BCUT2D eigenvalue weighted by Gasteiger charge is 2.20. The summed E-state index contributed by atoms with van der Waals surface area (Å²) in [4.78, 5) is 0. The summed E-state index contributed by atoms with van der Waals surface area (Å²) in [6.45, 7) is 0.